The first kappa shape index (κ1) is 18.9. The van der Waals surface area contributed by atoms with E-state index in [1.54, 1.807) is 0 Å². The Kier molecular flexibility index (Phi) is 5.29. The number of hydrogen-bond donors (Lipinski definition) is 0. The largest absolute Gasteiger partial charge is 0.483 e. The molecule has 0 radical (unpaired) electrons. The zero-order chi connectivity index (χ0) is 19.7. The highest BCUT2D eigenvalue weighted by atomic mass is 35.5. The van der Waals surface area contributed by atoms with Crippen LogP contribution in [0.25, 0.3) is 11.0 Å². The number of aryl methyl sites for hydroxylation is 1. The molecule has 0 saturated carbocycles. The van der Waals surface area contributed by atoms with Gasteiger partial charge in [0.1, 0.15) is 5.75 Å². The summed E-state index contributed by atoms with van der Waals surface area (Å²) in [6.45, 7) is 4.68. The van der Waals surface area contributed by atoms with Crippen LogP contribution in [0.2, 0.25) is 10.0 Å². The fraction of sp³-hybridized carbons (Fsp3) is 0.174. The molecule has 4 aromatic rings. The molecule has 0 aliphatic rings. The third-order valence-electron chi connectivity index (χ3n) is 4.74. The van der Waals surface area contributed by atoms with Crippen molar-refractivity contribution >= 4 is 34.2 Å². The molecule has 1 atom stereocenters. The second-order valence-electron chi connectivity index (χ2n) is 6.84. The molecule has 0 spiro atoms. The van der Waals surface area contributed by atoms with Crippen LogP contribution in [0.5, 0.6) is 5.75 Å². The Morgan fingerprint density at radius 2 is 1.75 bits per heavy atom. The summed E-state index contributed by atoms with van der Waals surface area (Å²) in [7, 11) is 0. The van der Waals surface area contributed by atoms with Gasteiger partial charge in [-0.1, -0.05) is 47.5 Å². The van der Waals surface area contributed by atoms with Crippen LogP contribution in [0.1, 0.15) is 30.0 Å². The first-order chi connectivity index (χ1) is 13.5. The summed E-state index contributed by atoms with van der Waals surface area (Å²) in [6.07, 6.45) is -0.222. The molecule has 0 aliphatic heterocycles. The molecule has 0 bridgehead atoms. The summed E-state index contributed by atoms with van der Waals surface area (Å²) < 4.78 is 8.40. The van der Waals surface area contributed by atoms with Gasteiger partial charge >= 0.3 is 0 Å². The fourth-order valence-corrected chi connectivity index (χ4v) is 3.53. The van der Waals surface area contributed by atoms with Crippen molar-refractivity contribution in [1.82, 2.24) is 9.55 Å². The number of halogens is 2. The Hall–Kier alpha value is -2.49. The maximum Gasteiger partial charge on any atom is 0.153 e. The molecule has 0 fully saturated rings. The highest BCUT2D eigenvalue weighted by molar-refractivity contribution is 6.31. The third kappa shape index (κ3) is 3.87. The van der Waals surface area contributed by atoms with Gasteiger partial charge in [-0.05, 0) is 67.4 Å². The number of hydrogen-bond acceptors (Lipinski definition) is 2. The van der Waals surface area contributed by atoms with Gasteiger partial charge in [0.25, 0.3) is 0 Å². The molecule has 142 valence electrons. The van der Waals surface area contributed by atoms with Crippen molar-refractivity contribution in [3.05, 3.63) is 93.7 Å². The lowest BCUT2D eigenvalue weighted by molar-refractivity contribution is 0.212. The predicted octanol–water partition coefficient (Wildman–Crippen LogP) is 6.84. The predicted molar refractivity (Wildman–Crippen MR) is 116 cm³/mol. The minimum atomic E-state index is -0.222. The molecule has 1 aromatic heterocycles. The summed E-state index contributed by atoms with van der Waals surface area (Å²) in [5, 5.41) is 1.46. The molecule has 0 saturated heterocycles. The molecule has 1 unspecified atom stereocenters. The van der Waals surface area contributed by atoms with Gasteiger partial charge < -0.3 is 9.30 Å². The summed E-state index contributed by atoms with van der Waals surface area (Å²) in [5.41, 5.74) is 4.17. The topological polar surface area (TPSA) is 27.1 Å². The van der Waals surface area contributed by atoms with Crippen molar-refractivity contribution in [3.63, 3.8) is 0 Å². The van der Waals surface area contributed by atoms with Crippen LogP contribution in [0.3, 0.4) is 0 Å². The molecule has 5 heteroatoms. The summed E-state index contributed by atoms with van der Waals surface area (Å²) in [5.74, 6) is 1.66. The van der Waals surface area contributed by atoms with Crippen LogP contribution in [0, 0.1) is 6.92 Å². The SMILES string of the molecule is Cc1cc(OC(C)c2nc3ccccc3n2Cc2ccc(Cl)cc2)ccc1Cl. The average molecular weight is 411 g/mol. The van der Waals surface area contributed by atoms with Gasteiger partial charge in [-0.2, -0.15) is 0 Å². The first-order valence-corrected chi connectivity index (χ1v) is 9.89. The molecular formula is C23H20Cl2N2O. The van der Waals surface area contributed by atoms with Gasteiger partial charge in [-0.15, -0.1) is 0 Å². The summed E-state index contributed by atoms with van der Waals surface area (Å²) in [4.78, 5) is 4.85. The minimum Gasteiger partial charge on any atom is -0.483 e. The first-order valence-electron chi connectivity index (χ1n) is 9.13. The standard InChI is InChI=1S/C23H20Cl2N2O/c1-15-13-19(11-12-20(15)25)28-16(2)23-26-21-5-3-4-6-22(21)27(23)14-17-7-9-18(24)10-8-17/h3-13,16H,14H2,1-2H3. The number of nitrogens with zero attached hydrogens (tertiary/aromatic N) is 2. The van der Waals surface area contributed by atoms with E-state index in [1.165, 1.54) is 0 Å². The molecule has 1 heterocycles. The van der Waals surface area contributed by atoms with E-state index in [2.05, 4.69) is 10.6 Å². The van der Waals surface area contributed by atoms with Crippen LogP contribution in [0.4, 0.5) is 0 Å². The Labute approximate surface area is 174 Å². The maximum atomic E-state index is 6.20. The van der Waals surface area contributed by atoms with Gasteiger partial charge in [0, 0.05) is 16.6 Å². The minimum absolute atomic E-state index is 0.222. The second kappa shape index (κ2) is 7.86. The van der Waals surface area contributed by atoms with Gasteiger partial charge in [-0.25, -0.2) is 4.98 Å². The zero-order valence-corrected chi connectivity index (χ0v) is 17.2. The van der Waals surface area contributed by atoms with Crippen LogP contribution < -0.4 is 4.74 Å². The average Bonchev–Trinajstić information content (AvgIpc) is 3.05. The number of benzene rings is 3. The number of fused-ring (bicyclic) bond motifs is 1. The van der Waals surface area contributed by atoms with Crippen LogP contribution in [-0.4, -0.2) is 9.55 Å². The van der Waals surface area contributed by atoms with Crippen LogP contribution >= 0.6 is 23.2 Å². The van der Waals surface area contributed by atoms with E-state index in [1.807, 2.05) is 74.5 Å². The Balaban J connectivity index is 1.70. The lowest BCUT2D eigenvalue weighted by Crippen LogP contribution is -2.12. The van der Waals surface area contributed by atoms with Crippen LogP contribution in [-0.2, 0) is 6.54 Å². The highest BCUT2D eigenvalue weighted by Gasteiger charge is 2.18. The van der Waals surface area contributed by atoms with E-state index in [4.69, 9.17) is 32.9 Å². The quantitative estimate of drug-likeness (QED) is 0.360. The van der Waals surface area contributed by atoms with E-state index >= 15 is 0 Å². The van der Waals surface area contributed by atoms with E-state index in [9.17, 15) is 0 Å². The Morgan fingerprint density at radius 3 is 2.50 bits per heavy atom. The summed E-state index contributed by atoms with van der Waals surface area (Å²) in [6, 6.07) is 21.7. The van der Waals surface area contributed by atoms with E-state index in [-0.39, 0.29) is 6.10 Å². The molecular weight excluding hydrogens is 391 g/mol. The molecule has 0 aliphatic carbocycles. The number of imidazole rings is 1. The second-order valence-corrected chi connectivity index (χ2v) is 7.69. The van der Waals surface area contributed by atoms with Crippen molar-refractivity contribution in [1.29, 1.82) is 0 Å². The van der Waals surface area contributed by atoms with E-state index in [0.29, 0.717) is 6.54 Å². The highest BCUT2D eigenvalue weighted by Crippen LogP contribution is 2.28. The third-order valence-corrected chi connectivity index (χ3v) is 5.42. The van der Waals surface area contributed by atoms with E-state index in [0.717, 1.165) is 43.8 Å². The van der Waals surface area contributed by atoms with Gasteiger partial charge in [0.15, 0.2) is 11.9 Å². The van der Waals surface area contributed by atoms with Crippen molar-refractivity contribution in [3.8, 4) is 5.75 Å². The monoisotopic (exact) mass is 410 g/mol. The molecule has 28 heavy (non-hydrogen) atoms. The van der Waals surface area contributed by atoms with Crippen molar-refractivity contribution in [2.45, 2.75) is 26.5 Å². The normalized spacial score (nSPS) is 12.3. The van der Waals surface area contributed by atoms with Gasteiger partial charge in [0.2, 0.25) is 0 Å². The van der Waals surface area contributed by atoms with Crippen molar-refractivity contribution < 1.29 is 4.74 Å². The number of aromatic nitrogens is 2. The van der Waals surface area contributed by atoms with Gasteiger partial charge in [-0.3, -0.25) is 0 Å². The molecule has 0 N–H and O–H groups in total. The maximum absolute atomic E-state index is 6.20. The van der Waals surface area contributed by atoms with Crippen molar-refractivity contribution in [2.75, 3.05) is 0 Å². The lowest BCUT2D eigenvalue weighted by atomic mass is 10.2. The number of para-hydroxylation sites is 2. The van der Waals surface area contributed by atoms with Crippen LogP contribution in [0.15, 0.2) is 66.7 Å². The molecule has 3 aromatic carbocycles. The molecule has 3 nitrogen and oxygen atoms in total. The smallest absolute Gasteiger partial charge is 0.153 e. The number of ether oxygens (including phenoxy) is 1. The molecule has 4 rings (SSSR count). The van der Waals surface area contributed by atoms with E-state index < -0.39 is 0 Å². The van der Waals surface area contributed by atoms with Gasteiger partial charge in [0.05, 0.1) is 11.0 Å². The summed E-state index contributed by atoms with van der Waals surface area (Å²) >= 11 is 12.2. The van der Waals surface area contributed by atoms with Crippen molar-refractivity contribution in [2.24, 2.45) is 0 Å². The fourth-order valence-electron chi connectivity index (χ4n) is 3.29. The molecule has 0 amide bonds. The number of rotatable bonds is 5. The lowest BCUT2D eigenvalue weighted by Gasteiger charge is -2.17. The Bertz CT molecular complexity index is 1120. The zero-order valence-electron chi connectivity index (χ0n) is 15.7. The Morgan fingerprint density at radius 1 is 1.00 bits per heavy atom.